The van der Waals surface area contributed by atoms with E-state index in [4.69, 9.17) is 34.7 Å². The monoisotopic (exact) mass is 316 g/mol. The molecule has 0 heterocycles. The second-order valence-electron chi connectivity index (χ2n) is 3.91. The Bertz CT molecular complexity index is 725. The number of halogens is 2. The number of nitrogen functional groups attached to an aromatic ring is 2. The predicted octanol–water partition coefficient (Wildman–Crippen LogP) is 2.99. The van der Waals surface area contributed by atoms with Gasteiger partial charge in [0.2, 0.25) is 9.84 Å². The zero-order valence-electron chi connectivity index (χ0n) is 9.60. The highest BCUT2D eigenvalue weighted by Crippen LogP contribution is 2.29. The van der Waals surface area contributed by atoms with Crippen molar-refractivity contribution in [3.05, 3.63) is 46.4 Å². The van der Waals surface area contributed by atoms with Crippen LogP contribution in [-0.2, 0) is 9.84 Å². The molecule has 2 aromatic carbocycles. The van der Waals surface area contributed by atoms with Gasteiger partial charge in [-0.15, -0.1) is 0 Å². The van der Waals surface area contributed by atoms with Crippen LogP contribution in [0.15, 0.2) is 46.2 Å². The topological polar surface area (TPSA) is 86.2 Å². The fourth-order valence-corrected chi connectivity index (χ4v) is 3.47. The van der Waals surface area contributed by atoms with E-state index in [0.29, 0.717) is 5.69 Å². The van der Waals surface area contributed by atoms with Crippen molar-refractivity contribution in [2.75, 3.05) is 11.5 Å². The van der Waals surface area contributed by atoms with E-state index < -0.39 is 9.84 Å². The van der Waals surface area contributed by atoms with Crippen LogP contribution in [0, 0.1) is 0 Å². The van der Waals surface area contributed by atoms with Crippen LogP contribution in [0.1, 0.15) is 0 Å². The van der Waals surface area contributed by atoms with Gasteiger partial charge in [-0.05, 0) is 36.4 Å². The summed E-state index contributed by atoms with van der Waals surface area (Å²) in [5.74, 6) is 0. The first-order valence-corrected chi connectivity index (χ1v) is 7.41. The third-order valence-corrected chi connectivity index (χ3v) is 4.76. The minimum Gasteiger partial charge on any atom is -0.399 e. The first kappa shape index (κ1) is 14.0. The van der Waals surface area contributed by atoms with Crippen molar-refractivity contribution in [2.24, 2.45) is 0 Å². The fraction of sp³-hybridized carbons (Fsp3) is 0. The number of hydrogen-bond donors (Lipinski definition) is 2. The number of nitrogens with two attached hydrogens (primary N) is 2. The summed E-state index contributed by atoms with van der Waals surface area (Å²) in [5, 5.41) is 0.427. The normalized spacial score (nSPS) is 11.5. The summed E-state index contributed by atoms with van der Waals surface area (Å²) in [6, 6.07) is 8.25. The number of anilines is 2. The van der Waals surface area contributed by atoms with Crippen LogP contribution < -0.4 is 11.5 Å². The molecule has 0 aliphatic heterocycles. The molecule has 0 aliphatic rings. The lowest BCUT2D eigenvalue weighted by Crippen LogP contribution is -2.03. The lowest BCUT2D eigenvalue weighted by atomic mass is 10.3. The highest BCUT2D eigenvalue weighted by Gasteiger charge is 2.19. The summed E-state index contributed by atoms with van der Waals surface area (Å²) in [7, 11) is -3.73. The van der Waals surface area contributed by atoms with E-state index in [1.807, 2.05) is 0 Å². The smallest absolute Gasteiger partial charge is 0.206 e. The van der Waals surface area contributed by atoms with Crippen LogP contribution in [0.4, 0.5) is 11.4 Å². The molecular weight excluding hydrogens is 307 g/mol. The zero-order valence-corrected chi connectivity index (χ0v) is 11.9. The average molecular weight is 317 g/mol. The largest absolute Gasteiger partial charge is 0.399 e. The standard InChI is InChI=1S/C12H10Cl2N2O2S/c13-7-3-8(15)5-10(4-7)19(17,18)9-1-2-12(16)11(14)6-9/h1-6H,15-16H2. The van der Waals surface area contributed by atoms with Crippen LogP contribution in [-0.4, -0.2) is 8.42 Å². The second kappa shape index (κ2) is 4.92. The lowest BCUT2D eigenvalue weighted by Gasteiger charge is -2.07. The second-order valence-corrected chi connectivity index (χ2v) is 6.70. The SMILES string of the molecule is Nc1cc(Cl)cc(S(=O)(=O)c2ccc(N)c(Cl)c2)c1. The number of benzene rings is 2. The number of hydrogen-bond acceptors (Lipinski definition) is 4. The van der Waals surface area contributed by atoms with E-state index in [9.17, 15) is 8.42 Å². The van der Waals surface area contributed by atoms with E-state index >= 15 is 0 Å². The molecule has 0 saturated heterocycles. The Morgan fingerprint density at radius 1 is 0.895 bits per heavy atom. The van der Waals surface area contributed by atoms with Crippen molar-refractivity contribution in [3.8, 4) is 0 Å². The molecule has 100 valence electrons. The minimum atomic E-state index is -3.73. The quantitative estimate of drug-likeness (QED) is 0.834. The van der Waals surface area contributed by atoms with Gasteiger partial charge in [-0.1, -0.05) is 23.2 Å². The average Bonchev–Trinajstić information content (AvgIpc) is 2.31. The summed E-state index contributed by atoms with van der Waals surface area (Å²) in [4.78, 5) is 0.0479. The zero-order chi connectivity index (χ0) is 14.2. The summed E-state index contributed by atoms with van der Waals surface area (Å²) in [6.07, 6.45) is 0. The molecule has 2 rings (SSSR count). The van der Waals surface area contributed by atoms with Gasteiger partial charge >= 0.3 is 0 Å². The maximum Gasteiger partial charge on any atom is 0.206 e. The van der Waals surface area contributed by atoms with Gasteiger partial charge in [0.25, 0.3) is 0 Å². The van der Waals surface area contributed by atoms with Crippen molar-refractivity contribution < 1.29 is 8.42 Å². The van der Waals surface area contributed by atoms with Gasteiger partial charge in [-0.3, -0.25) is 0 Å². The van der Waals surface area contributed by atoms with Crippen LogP contribution in [0.2, 0.25) is 10.0 Å². The van der Waals surface area contributed by atoms with Gasteiger partial charge in [0.15, 0.2) is 0 Å². The van der Waals surface area contributed by atoms with Gasteiger partial charge < -0.3 is 11.5 Å². The van der Waals surface area contributed by atoms with Gasteiger partial charge in [-0.25, -0.2) is 8.42 Å². The Hall–Kier alpha value is -1.43. The summed E-state index contributed by atoms with van der Waals surface area (Å²) < 4.78 is 24.8. The molecule has 0 saturated carbocycles. The molecule has 4 N–H and O–H groups in total. The molecular formula is C12H10Cl2N2O2S. The molecule has 0 spiro atoms. The van der Waals surface area contributed by atoms with E-state index in [-0.39, 0.29) is 25.5 Å². The highest BCUT2D eigenvalue weighted by molar-refractivity contribution is 7.91. The summed E-state index contributed by atoms with van der Waals surface area (Å²) in [5.41, 5.74) is 11.7. The van der Waals surface area contributed by atoms with Gasteiger partial charge in [-0.2, -0.15) is 0 Å². The molecule has 0 radical (unpaired) electrons. The third-order valence-electron chi connectivity index (χ3n) is 2.49. The molecule has 0 aliphatic carbocycles. The van der Waals surface area contributed by atoms with Crippen LogP contribution in [0.25, 0.3) is 0 Å². The Balaban J connectivity index is 2.61. The van der Waals surface area contributed by atoms with E-state index in [1.54, 1.807) is 0 Å². The first-order valence-electron chi connectivity index (χ1n) is 5.17. The van der Waals surface area contributed by atoms with Gasteiger partial charge in [0, 0.05) is 10.7 Å². The van der Waals surface area contributed by atoms with Crippen LogP contribution in [0.5, 0.6) is 0 Å². The van der Waals surface area contributed by atoms with Gasteiger partial charge in [0.1, 0.15) is 0 Å². The van der Waals surface area contributed by atoms with Crippen LogP contribution >= 0.6 is 23.2 Å². The van der Waals surface area contributed by atoms with Crippen molar-refractivity contribution in [2.45, 2.75) is 9.79 Å². The molecule has 0 unspecified atom stereocenters. The molecule has 0 fully saturated rings. The molecule has 2 aromatic rings. The molecule has 0 atom stereocenters. The van der Waals surface area contributed by atoms with Crippen LogP contribution in [0.3, 0.4) is 0 Å². The summed E-state index contributed by atoms with van der Waals surface area (Å²) in [6.45, 7) is 0. The van der Waals surface area contributed by atoms with Crippen molar-refractivity contribution >= 4 is 44.4 Å². The lowest BCUT2D eigenvalue weighted by molar-refractivity contribution is 0.596. The molecule has 0 aromatic heterocycles. The van der Waals surface area contributed by atoms with E-state index in [0.717, 1.165) is 0 Å². The third kappa shape index (κ3) is 2.78. The molecule has 0 bridgehead atoms. The van der Waals surface area contributed by atoms with Crippen molar-refractivity contribution in [1.82, 2.24) is 0 Å². The number of sulfone groups is 1. The maximum absolute atomic E-state index is 12.4. The Kier molecular flexibility index (Phi) is 3.62. The Morgan fingerprint density at radius 3 is 2.16 bits per heavy atom. The maximum atomic E-state index is 12.4. The minimum absolute atomic E-state index is 0.0124. The van der Waals surface area contributed by atoms with E-state index in [1.165, 1.54) is 36.4 Å². The Morgan fingerprint density at radius 2 is 1.58 bits per heavy atom. The molecule has 0 amide bonds. The van der Waals surface area contributed by atoms with Gasteiger partial charge in [0.05, 0.1) is 20.5 Å². The molecule has 19 heavy (non-hydrogen) atoms. The van der Waals surface area contributed by atoms with Crippen molar-refractivity contribution in [3.63, 3.8) is 0 Å². The van der Waals surface area contributed by atoms with Crippen molar-refractivity contribution in [1.29, 1.82) is 0 Å². The van der Waals surface area contributed by atoms with E-state index in [2.05, 4.69) is 0 Å². The predicted molar refractivity (Wildman–Crippen MR) is 77.2 cm³/mol. The first-order chi connectivity index (χ1) is 8.80. The Labute approximate surface area is 120 Å². The summed E-state index contributed by atoms with van der Waals surface area (Å²) >= 11 is 11.6. The highest BCUT2D eigenvalue weighted by atomic mass is 35.5. The molecule has 7 heteroatoms. The molecule has 4 nitrogen and oxygen atoms in total. The fourth-order valence-electron chi connectivity index (χ4n) is 1.55. The number of rotatable bonds is 2.